The highest BCUT2D eigenvalue weighted by Crippen LogP contribution is 2.17. The van der Waals surface area contributed by atoms with Crippen LogP contribution in [0.4, 0.5) is 0 Å². The molecular formula is C22H28N2O2. The van der Waals surface area contributed by atoms with Crippen LogP contribution in [0.25, 0.3) is 0 Å². The van der Waals surface area contributed by atoms with Crippen LogP contribution in [0.2, 0.25) is 0 Å². The first-order chi connectivity index (χ1) is 12.8. The molecule has 1 N–H and O–H groups in total. The molecule has 26 heavy (non-hydrogen) atoms. The number of nitrogens with one attached hydrogen (secondary N) is 1. The molecule has 4 heteroatoms. The molecule has 3 rings (SSSR count). The van der Waals surface area contributed by atoms with Crippen molar-refractivity contribution in [3.8, 4) is 5.75 Å². The van der Waals surface area contributed by atoms with E-state index in [0.29, 0.717) is 17.9 Å². The van der Waals surface area contributed by atoms with Crippen molar-refractivity contribution in [2.75, 3.05) is 20.2 Å². The third kappa shape index (κ3) is 5.09. The maximum Gasteiger partial charge on any atom is 0.255 e. The average molecular weight is 352 g/mol. The summed E-state index contributed by atoms with van der Waals surface area (Å²) in [6.07, 6.45) is 5.35. The van der Waals surface area contributed by atoms with Gasteiger partial charge in [-0.1, -0.05) is 49.2 Å². The first-order valence-corrected chi connectivity index (χ1v) is 9.47. The fourth-order valence-electron chi connectivity index (χ4n) is 3.42. The summed E-state index contributed by atoms with van der Waals surface area (Å²) in [5, 5.41) is 2.97. The van der Waals surface area contributed by atoms with Crippen molar-refractivity contribution in [3.05, 3.63) is 65.2 Å². The Labute approximate surface area is 156 Å². The van der Waals surface area contributed by atoms with Crippen LogP contribution in [-0.4, -0.2) is 31.0 Å². The second-order valence-corrected chi connectivity index (χ2v) is 6.89. The normalized spacial score (nSPS) is 15.3. The molecule has 0 saturated carbocycles. The minimum atomic E-state index is -0.115. The summed E-state index contributed by atoms with van der Waals surface area (Å²) in [6, 6.07) is 15.8. The van der Waals surface area contributed by atoms with E-state index < -0.39 is 0 Å². The lowest BCUT2D eigenvalue weighted by molar-refractivity contribution is 0.0948. The van der Waals surface area contributed by atoms with Crippen molar-refractivity contribution in [1.82, 2.24) is 10.2 Å². The Bertz CT molecular complexity index is 704. The first kappa shape index (κ1) is 18.5. The predicted molar refractivity (Wildman–Crippen MR) is 104 cm³/mol. The number of amides is 1. The van der Waals surface area contributed by atoms with Gasteiger partial charge in [0.25, 0.3) is 5.91 Å². The Balaban J connectivity index is 1.53. The average Bonchev–Trinajstić information content (AvgIpc) is 2.96. The molecule has 1 aliphatic rings. The number of likely N-dealkylation sites (tertiary alicyclic amines) is 1. The fraction of sp³-hybridized carbons (Fsp3) is 0.409. The van der Waals surface area contributed by atoms with Crippen LogP contribution in [0, 0.1) is 0 Å². The number of para-hydroxylation sites is 1. The van der Waals surface area contributed by atoms with Gasteiger partial charge >= 0.3 is 0 Å². The number of rotatable bonds is 6. The topological polar surface area (TPSA) is 41.6 Å². The molecule has 0 aromatic heterocycles. The van der Waals surface area contributed by atoms with Crippen LogP contribution in [0.15, 0.2) is 48.5 Å². The zero-order chi connectivity index (χ0) is 18.2. The molecule has 0 aliphatic carbocycles. The zero-order valence-corrected chi connectivity index (χ0v) is 15.5. The molecule has 0 atom stereocenters. The number of hydrogen-bond donors (Lipinski definition) is 1. The lowest BCUT2D eigenvalue weighted by Crippen LogP contribution is -2.24. The van der Waals surface area contributed by atoms with Crippen LogP contribution in [-0.2, 0) is 13.1 Å². The summed E-state index contributed by atoms with van der Waals surface area (Å²) in [5.74, 6) is 0.480. The van der Waals surface area contributed by atoms with Crippen LogP contribution in [0.3, 0.4) is 0 Å². The molecule has 4 nitrogen and oxygen atoms in total. The molecule has 1 heterocycles. The lowest BCUT2D eigenvalue weighted by Gasteiger charge is -2.19. The number of hydrogen-bond acceptors (Lipinski definition) is 3. The van der Waals surface area contributed by atoms with Crippen molar-refractivity contribution < 1.29 is 9.53 Å². The Morgan fingerprint density at radius 1 is 0.962 bits per heavy atom. The SMILES string of the molecule is COc1ccccc1C(=O)NCc1ccc(CN2CCCCCC2)cc1. The third-order valence-corrected chi connectivity index (χ3v) is 4.93. The highest BCUT2D eigenvalue weighted by atomic mass is 16.5. The van der Waals surface area contributed by atoms with E-state index in [1.165, 1.54) is 44.3 Å². The van der Waals surface area contributed by atoms with E-state index in [1.54, 1.807) is 19.2 Å². The molecule has 0 bridgehead atoms. The quantitative estimate of drug-likeness (QED) is 0.854. The second-order valence-electron chi connectivity index (χ2n) is 6.89. The van der Waals surface area contributed by atoms with E-state index in [4.69, 9.17) is 4.74 Å². The van der Waals surface area contributed by atoms with Gasteiger partial charge in [0.15, 0.2) is 0 Å². The van der Waals surface area contributed by atoms with Crippen LogP contribution in [0.1, 0.15) is 47.2 Å². The Kier molecular flexibility index (Phi) is 6.67. The van der Waals surface area contributed by atoms with E-state index in [9.17, 15) is 4.79 Å². The molecule has 1 aliphatic heterocycles. The molecule has 0 spiro atoms. The van der Waals surface area contributed by atoms with E-state index in [1.807, 2.05) is 12.1 Å². The number of ether oxygens (including phenoxy) is 1. The molecule has 2 aromatic rings. The van der Waals surface area contributed by atoms with Gasteiger partial charge in [0.05, 0.1) is 12.7 Å². The standard InChI is InChI=1S/C22H28N2O2/c1-26-21-9-5-4-8-20(21)22(25)23-16-18-10-12-19(13-11-18)17-24-14-6-2-3-7-15-24/h4-5,8-13H,2-3,6-7,14-17H2,1H3,(H,23,25). The van der Waals surface area contributed by atoms with Crippen molar-refractivity contribution in [2.45, 2.75) is 38.8 Å². The summed E-state index contributed by atoms with van der Waals surface area (Å²) in [6.45, 7) is 3.95. The number of nitrogens with zero attached hydrogens (tertiary/aromatic N) is 1. The smallest absolute Gasteiger partial charge is 0.255 e. The summed E-state index contributed by atoms with van der Waals surface area (Å²) < 4.78 is 5.25. The maximum atomic E-state index is 12.4. The number of carbonyl (C=O) groups is 1. The minimum Gasteiger partial charge on any atom is -0.496 e. The van der Waals surface area contributed by atoms with Crippen LogP contribution in [0.5, 0.6) is 5.75 Å². The van der Waals surface area contributed by atoms with Crippen molar-refractivity contribution >= 4 is 5.91 Å². The minimum absolute atomic E-state index is 0.115. The molecular weight excluding hydrogens is 324 g/mol. The van der Waals surface area contributed by atoms with Gasteiger partial charge in [-0.2, -0.15) is 0 Å². The number of methoxy groups -OCH3 is 1. The highest BCUT2D eigenvalue weighted by Gasteiger charge is 2.11. The largest absolute Gasteiger partial charge is 0.496 e. The van der Waals surface area contributed by atoms with Gasteiger partial charge in [-0.3, -0.25) is 9.69 Å². The lowest BCUT2D eigenvalue weighted by atomic mass is 10.1. The summed E-state index contributed by atoms with van der Waals surface area (Å²) in [5.41, 5.74) is 3.01. The van der Waals surface area contributed by atoms with Gasteiger partial charge < -0.3 is 10.1 Å². The van der Waals surface area contributed by atoms with E-state index in [-0.39, 0.29) is 5.91 Å². The fourth-order valence-corrected chi connectivity index (χ4v) is 3.42. The zero-order valence-electron chi connectivity index (χ0n) is 15.5. The highest BCUT2D eigenvalue weighted by molar-refractivity contribution is 5.96. The van der Waals surface area contributed by atoms with Gasteiger partial charge in [-0.05, 0) is 49.2 Å². The monoisotopic (exact) mass is 352 g/mol. The summed E-state index contributed by atoms with van der Waals surface area (Å²) >= 11 is 0. The van der Waals surface area contributed by atoms with E-state index in [2.05, 4.69) is 34.5 Å². The van der Waals surface area contributed by atoms with Crippen LogP contribution >= 0.6 is 0 Å². The Morgan fingerprint density at radius 2 is 1.62 bits per heavy atom. The van der Waals surface area contributed by atoms with Gasteiger partial charge in [-0.15, -0.1) is 0 Å². The van der Waals surface area contributed by atoms with E-state index in [0.717, 1.165) is 12.1 Å². The Hall–Kier alpha value is -2.33. The summed E-state index contributed by atoms with van der Waals surface area (Å²) in [4.78, 5) is 14.9. The van der Waals surface area contributed by atoms with Gasteiger partial charge in [-0.25, -0.2) is 0 Å². The number of carbonyl (C=O) groups excluding carboxylic acids is 1. The van der Waals surface area contributed by atoms with Crippen molar-refractivity contribution in [2.24, 2.45) is 0 Å². The van der Waals surface area contributed by atoms with Gasteiger partial charge in [0, 0.05) is 13.1 Å². The first-order valence-electron chi connectivity index (χ1n) is 9.47. The third-order valence-electron chi connectivity index (χ3n) is 4.93. The second kappa shape index (κ2) is 9.39. The van der Waals surface area contributed by atoms with Crippen LogP contribution < -0.4 is 10.1 Å². The van der Waals surface area contributed by atoms with Crippen molar-refractivity contribution in [3.63, 3.8) is 0 Å². The molecule has 2 aromatic carbocycles. The van der Waals surface area contributed by atoms with Gasteiger partial charge in [0.1, 0.15) is 5.75 Å². The maximum absolute atomic E-state index is 12.4. The predicted octanol–water partition coefficient (Wildman–Crippen LogP) is 4.00. The molecule has 138 valence electrons. The molecule has 1 fully saturated rings. The number of benzene rings is 2. The molecule has 1 amide bonds. The molecule has 0 unspecified atom stereocenters. The van der Waals surface area contributed by atoms with Gasteiger partial charge in [0.2, 0.25) is 0 Å². The molecule has 0 radical (unpaired) electrons. The molecule has 1 saturated heterocycles. The van der Waals surface area contributed by atoms with E-state index >= 15 is 0 Å². The Morgan fingerprint density at radius 3 is 2.31 bits per heavy atom. The van der Waals surface area contributed by atoms with Crippen molar-refractivity contribution in [1.29, 1.82) is 0 Å². The summed E-state index contributed by atoms with van der Waals surface area (Å²) in [7, 11) is 1.58.